The zero-order valence-electron chi connectivity index (χ0n) is 14.0. The zero-order valence-corrected chi connectivity index (χ0v) is 11.0. The van der Waals surface area contributed by atoms with E-state index >= 15 is 0 Å². The molecule has 2 aromatic rings. The molecule has 2 aromatic heterocycles. The lowest BCUT2D eigenvalue weighted by molar-refractivity contribution is -0.384. The van der Waals surface area contributed by atoms with E-state index in [1.165, 1.54) is 12.3 Å². The molecular formula is C14H16N4O2. The van der Waals surface area contributed by atoms with Gasteiger partial charge in [0, 0.05) is 34.5 Å². The van der Waals surface area contributed by atoms with Crippen LogP contribution in [0.3, 0.4) is 0 Å². The minimum absolute atomic E-state index is 0.0514. The third-order valence-electron chi connectivity index (χ3n) is 3.03. The van der Waals surface area contributed by atoms with E-state index in [1.807, 2.05) is 6.92 Å². The van der Waals surface area contributed by atoms with Crippen molar-refractivity contribution in [1.29, 1.82) is 0 Å². The lowest BCUT2D eigenvalue weighted by atomic mass is 10.0. The smallest absolute Gasteiger partial charge is 0.261 e. The predicted octanol–water partition coefficient (Wildman–Crippen LogP) is 3.07. The van der Waals surface area contributed by atoms with Crippen molar-refractivity contribution in [1.82, 2.24) is 14.8 Å². The summed E-state index contributed by atoms with van der Waals surface area (Å²) in [6.07, 6.45) is 4.91. The van der Waals surface area contributed by atoms with E-state index in [1.54, 1.807) is 12.1 Å². The van der Waals surface area contributed by atoms with E-state index < -0.39 is 11.9 Å². The normalized spacial score (nSPS) is 14.9. The van der Waals surface area contributed by atoms with Gasteiger partial charge in [-0.3, -0.25) is 19.8 Å². The molecule has 2 heterocycles. The molecule has 0 aliphatic heterocycles. The number of hydrogen-bond acceptors (Lipinski definition) is 4. The average Bonchev–Trinajstić information content (AvgIpc) is 2.93. The van der Waals surface area contributed by atoms with Crippen LogP contribution in [0.5, 0.6) is 0 Å². The molecule has 0 bridgehead atoms. The molecule has 6 heteroatoms. The SMILES string of the molecule is [2H]C([2H])([2H])n1ncc([N+](=O)[O-])c1-c1ccnc(C(C)CC=C)c1. The average molecular weight is 275 g/mol. The predicted molar refractivity (Wildman–Crippen MR) is 76.3 cm³/mol. The molecule has 0 saturated heterocycles. The Hall–Kier alpha value is -2.50. The van der Waals surface area contributed by atoms with Gasteiger partial charge in [-0.15, -0.1) is 6.58 Å². The van der Waals surface area contributed by atoms with Crippen LogP contribution in [0.1, 0.15) is 29.1 Å². The second-order valence-electron chi connectivity index (χ2n) is 4.44. The highest BCUT2D eigenvalue weighted by Crippen LogP contribution is 2.30. The molecule has 6 nitrogen and oxygen atoms in total. The van der Waals surface area contributed by atoms with Crippen molar-refractivity contribution >= 4 is 5.69 Å². The molecule has 2 rings (SSSR count). The molecule has 104 valence electrons. The quantitative estimate of drug-likeness (QED) is 0.477. The van der Waals surface area contributed by atoms with E-state index in [0.29, 0.717) is 22.4 Å². The Kier molecular flexibility index (Phi) is 2.91. The van der Waals surface area contributed by atoms with Crippen molar-refractivity contribution in [3.05, 3.63) is 53.0 Å². The minimum atomic E-state index is -2.61. The summed E-state index contributed by atoms with van der Waals surface area (Å²) < 4.78 is 23.2. The second-order valence-corrected chi connectivity index (χ2v) is 4.44. The largest absolute Gasteiger partial charge is 0.314 e. The van der Waals surface area contributed by atoms with E-state index in [0.717, 1.165) is 6.20 Å². The first kappa shape index (κ1) is 10.3. The van der Waals surface area contributed by atoms with Crippen molar-refractivity contribution in [3.8, 4) is 11.3 Å². The molecule has 0 aromatic carbocycles. The molecular weight excluding hydrogens is 256 g/mol. The summed E-state index contributed by atoms with van der Waals surface area (Å²) in [7, 11) is 0. The van der Waals surface area contributed by atoms with Gasteiger partial charge in [-0.1, -0.05) is 13.0 Å². The van der Waals surface area contributed by atoms with E-state index in [2.05, 4.69) is 16.7 Å². The van der Waals surface area contributed by atoms with Crippen molar-refractivity contribution in [2.45, 2.75) is 19.3 Å². The van der Waals surface area contributed by atoms with Gasteiger partial charge in [-0.25, -0.2) is 0 Å². The number of rotatable bonds is 5. The number of hydrogen-bond donors (Lipinski definition) is 0. The van der Waals surface area contributed by atoms with Gasteiger partial charge in [-0.05, 0) is 18.6 Å². The highest BCUT2D eigenvalue weighted by atomic mass is 16.6. The van der Waals surface area contributed by atoms with E-state index in [9.17, 15) is 10.1 Å². The maximum absolute atomic E-state index is 11.2. The highest BCUT2D eigenvalue weighted by Gasteiger charge is 2.21. The lowest BCUT2D eigenvalue weighted by Gasteiger charge is -2.10. The van der Waals surface area contributed by atoms with E-state index in [4.69, 9.17) is 4.11 Å². The standard InChI is InChI=1S/C14H16N4O2/c1-4-5-10(2)12-8-11(6-7-15-12)14-13(18(19)20)9-16-17(14)3/h4,6-10H,1,5H2,2-3H3/i3D3. The van der Waals surface area contributed by atoms with Crippen LogP contribution >= 0.6 is 0 Å². The van der Waals surface area contributed by atoms with Gasteiger partial charge < -0.3 is 0 Å². The maximum Gasteiger partial charge on any atom is 0.314 e. The molecule has 0 N–H and O–H groups in total. The van der Waals surface area contributed by atoms with Gasteiger partial charge in [0.25, 0.3) is 0 Å². The fourth-order valence-electron chi connectivity index (χ4n) is 1.98. The molecule has 0 radical (unpaired) electrons. The fraction of sp³-hybridized carbons (Fsp3) is 0.286. The maximum atomic E-state index is 11.2. The van der Waals surface area contributed by atoms with Crippen LogP contribution < -0.4 is 0 Å². The number of aryl methyl sites for hydroxylation is 1. The Morgan fingerprint density at radius 1 is 1.70 bits per heavy atom. The van der Waals surface area contributed by atoms with Gasteiger partial charge in [0.2, 0.25) is 0 Å². The molecule has 0 aliphatic rings. The number of allylic oxidation sites excluding steroid dienone is 1. The van der Waals surface area contributed by atoms with Crippen molar-refractivity contribution < 1.29 is 9.04 Å². The summed E-state index contributed by atoms with van der Waals surface area (Å²) in [6.45, 7) is 3.01. The van der Waals surface area contributed by atoms with E-state index in [-0.39, 0.29) is 17.3 Å². The van der Waals surface area contributed by atoms with Crippen LogP contribution in [0.4, 0.5) is 5.69 Å². The van der Waals surface area contributed by atoms with Crippen LogP contribution in [-0.2, 0) is 6.98 Å². The summed E-state index contributed by atoms with van der Waals surface area (Å²) in [6, 6.07) is 3.19. The van der Waals surface area contributed by atoms with Crippen molar-refractivity contribution in [3.63, 3.8) is 0 Å². The Morgan fingerprint density at radius 2 is 2.50 bits per heavy atom. The van der Waals surface area contributed by atoms with Crippen molar-refractivity contribution in [2.75, 3.05) is 0 Å². The zero-order chi connectivity index (χ0) is 17.2. The van der Waals surface area contributed by atoms with Gasteiger partial charge in [-0.2, -0.15) is 5.10 Å². The topological polar surface area (TPSA) is 73.8 Å². The summed E-state index contributed by atoms with van der Waals surface area (Å²) in [5.41, 5.74) is 0.695. The monoisotopic (exact) mass is 275 g/mol. The summed E-state index contributed by atoms with van der Waals surface area (Å²) >= 11 is 0. The highest BCUT2D eigenvalue weighted by molar-refractivity contribution is 5.69. The molecule has 0 saturated carbocycles. The number of nitro groups is 1. The van der Waals surface area contributed by atoms with Crippen LogP contribution in [0.2, 0.25) is 0 Å². The summed E-state index contributed by atoms with van der Waals surface area (Å²) in [4.78, 5) is 14.8. The first-order chi connectivity index (χ1) is 10.8. The third kappa shape index (κ3) is 2.59. The number of nitrogens with zero attached hydrogens (tertiary/aromatic N) is 4. The minimum Gasteiger partial charge on any atom is -0.261 e. The van der Waals surface area contributed by atoms with Gasteiger partial charge >= 0.3 is 5.69 Å². The van der Waals surface area contributed by atoms with Crippen LogP contribution in [-0.4, -0.2) is 19.7 Å². The van der Waals surface area contributed by atoms with Gasteiger partial charge in [0.15, 0.2) is 0 Å². The van der Waals surface area contributed by atoms with Gasteiger partial charge in [0.1, 0.15) is 11.9 Å². The number of pyridine rings is 1. The first-order valence-electron chi connectivity index (χ1n) is 7.55. The summed E-state index contributed by atoms with van der Waals surface area (Å²) in [5, 5.41) is 14.9. The molecule has 1 atom stereocenters. The van der Waals surface area contributed by atoms with Crippen LogP contribution in [0.15, 0.2) is 37.2 Å². The third-order valence-corrected chi connectivity index (χ3v) is 3.03. The van der Waals surface area contributed by atoms with Gasteiger partial charge in [0.05, 0.1) is 4.92 Å². The van der Waals surface area contributed by atoms with Crippen LogP contribution in [0, 0.1) is 10.1 Å². The molecule has 0 fully saturated rings. The second kappa shape index (κ2) is 5.64. The summed E-state index contributed by atoms with van der Waals surface area (Å²) in [5.74, 6) is 0.0654. The fourth-order valence-corrected chi connectivity index (χ4v) is 1.98. The van der Waals surface area contributed by atoms with Crippen molar-refractivity contribution in [2.24, 2.45) is 6.98 Å². The Morgan fingerprint density at radius 3 is 3.15 bits per heavy atom. The number of aromatic nitrogens is 3. The molecule has 1 unspecified atom stereocenters. The Balaban J connectivity index is 2.61. The molecule has 0 amide bonds. The Labute approximate surface area is 121 Å². The first-order valence-corrected chi connectivity index (χ1v) is 6.05. The molecule has 0 spiro atoms. The Bertz CT molecular complexity index is 740. The molecule has 0 aliphatic carbocycles. The lowest BCUT2D eigenvalue weighted by Crippen LogP contribution is -2.00. The van der Waals surface area contributed by atoms with Crippen LogP contribution in [0.25, 0.3) is 11.3 Å². The molecule has 20 heavy (non-hydrogen) atoms.